The second-order valence-corrected chi connectivity index (χ2v) is 6.93. The van der Waals surface area contributed by atoms with Crippen LogP contribution in [0.25, 0.3) is 0 Å². The molecule has 6 heteroatoms. The van der Waals surface area contributed by atoms with E-state index in [9.17, 15) is 4.79 Å². The number of Topliss-reactive ketones (excluding diaryl/α,β-unsaturated/α-hetero) is 1. The van der Waals surface area contributed by atoms with E-state index in [0.717, 1.165) is 28.1 Å². The van der Waals surface area contributed by atoms with Crippen molar-refractivity contribution in [2.75, 3.05) is 11.1 Å². The number of hydrogen-bond acceptors (Lipinski definition) is 5. The minimum absolute atomic E-state index is 0.0169. The van der Waals surface area contributed by atoms with Crippen molar-refractivity contribution >= 4 is 34.5 Å². The number of aromatic nitrogens is 1. The maximum Gasteiger partial charge on any atom is 0.171 e. The first-order valence-electron chi connectivity index (χ1n) is 8.70. The van der Waals surface area contributed by atoms with Crippen molar-refractivity contribution in [2.24, 2.45) is 0 Å². The molecule has 0 unspecified atom stereocenters. The molecule has 0 fully saturated rings. The summed E-state index contributed by atoms with van der Waals surface area (Å²) in [5.41, 5.74) is 11.0. The van der Waals surface area contributed by atoms with Crippen LogP contribution in [0, 0.1) is 0 Å². The molecule has 4 N–H and O–H groups in total. The summed E-state index contributed by atoms with van der Waals surface area (Å²) in [6.45, 7) is 4.51. The number of allylic oxidation sites excluding steroid dienone is 2. The number of benzene rings is 1. The van der Waals surface area contributed by atoms with Crippen molar-refractivity contribution in [2.45, 2.75) is 26.8 Å². The first kappa shape index (κ1) is 18.8. The van der Waals surface area contributed by atoms with E-state index < -0.39 is 0 Å². The van der Waals surface area contributed by atoms with E-state index in [1.165, 1.54) is 0 Å². The summed E-state index contributed by atoms with van der Waals surface area (Å²) in [6.07, 6.45) is 2.05. The van der Waals surface area contributed by atoms with Gasteiger partial charge >= 0.3 is 0 Å². The molecule has 0 aliphatic heterocycles. The Labute approximate surface area is 164 Å². The van der Waals surface area contributed by atoms with Crippen molar-refractivity contribution in [1.29, 1.82) is 0 Å². The highest BCUT2D eigenvalue weighted by atomic mass is 32.1. The third kappa shape index (κ3) is 4.41. The molecule has 1 aliphatic rings. The fourth-order valence-electron chi connectivity index (χ4n) is 2.97. The molecule has 2 aromatic rings. The van der Waals surface area contributed by atoms with Gasteiger partial charge in [-0.05, 0) is 49.2 Å². The second kappa shape index (κ2) is 8.14. The van der Waals surface area contributed by atoms with Gasteiger partial charge in [0.15, 0.2) is 5.78 Å². The van der Waals surface area contributed by atoms with Crippen LogP contribution >= 0.6 is 12.2 Å². The van der Waals surface area contributed by atoms with E-state index in [2.05, 4.69) is 15.6 Å². The van der Waals surface area contributed by atoms with Gasteiger partial charge in [0, 0.05) is 24.8 Å². The van der Waals surface area contributed by atoms with E-state index in [0.29, 0.717) is 29.3 Å². The van der Waals surface area contributed by atoms with Crippen LogP contribution < -0.4 is 16.4 Å². The second-order valence-electron chi connectivity index (χ2n) is 6.52. The number of nitrogens with zero attached hydrogens (tertiary/aromatic N) is 1. The molecule has 0 atom stereocenters. The summed E-state index contributed by atoms with van der Waals surface area (Å²) in [4.78, 5) is 17.2. The first-order chi connectivity index (χ1) is 13.0. The molecule has 3 rings (SSSR count). The van der Waals surface area contributed by atoms with Crippen molar-refractivity contribution in [3.8, 4) is 0 Å². The van der Waals surface area contributed by atoms with Crippen LogP contribution in [0.4, 0.5) is 11.5 Å². The number of carbonyl (C=O) groups excluding carboxylic acids is 1. The number of thiocarbonyl (C=S) groups is 1. The van der Waals surface area contributed by atoms with Crippen molar-refractivity contribution in [3.63, 3.8) is 0 Å². The maximum absolute atomic E-state index is 12.8. The molecule has 0 spiro atoms. The fraction of sp³-hybridized carbons (Fsp3) is 0.190. The number of para-hydroxylation sites is 1. The Kier molecular flexibility index (Phi) is 5.66. The average molecular weight is 379 g/mol. The molecule has 0 saturated heterocycles. The fourth-order valence-corrected chi connectivity index (χ4v) is 3.31. The number of carbonyl (C=O) groups is 1. The van der Waals surface area contributed by atoms with Crippen LogP contribution in [0.15, 0.2) is 71.1 Å². The summed E-state index contributed by atoms with van der Waals surface area (Å²) in [6, 6.07) is 13.3. The lowest BCUT2D eigenvalue weighted by atomic mass is 9.89. The van der Waals surface area contributed by atoms with Crippen LogP contribution in [-0.4, -0.2) is 15.8 Å². The highest BCUT2D eigenvalue weighted by Crippen LogP contribution is 2.28. The average Bonchev–Trinajstić information content (AvgIpc) is 2.64. The van der Waals surface area contributed by atoms with Crippen LogP contribution in [0.1, 0.15) is 25.8 Å². The Bertz CT molecular complexity index is 948. The van der Waals surface area contributed by atoms with E-state index in [1.54, 1.807) is 6.20 Å². The smallest absolute Gasteiger partial charge is 0.171 e. The van der Waals surface area contributed by atoms with Gasteiger partial charge in [0.2, 0.25) is 0 Å². The summed E-state index contributed by atoms with van der Waals surface area (Å²) in [5.74, 6) is 0.483. The number of anilines is 2. The Morgan fingerprint density at radius 2 is 1.96 bits per heavy atom. The molecular weight excluding hydrogens is 356 g/mol. The number of nitrogens with two attached hydrogens (primary N) is 1. The largest absolute Gasteiger partial charge is 0.384 e. The Balaban J connectivity index is 1.91. The lowest BCUT2D eigenvalue weighted by Crippen LogP contribution is -2.29. The lowest BCUT2D eigenvalue weighted by Gasteiger charge is -2.24. The molecule has 1 aliphatic carbocycles. The van der Waals surface area contributed by atoms with E-state index in [1.807, 2.05) is 56.3 Å². The van der Waals surface area contributed by atoms with Gasteiger partial charge in [-0.1, -0.05) is 36.0 Å². The molecule has 0 amide bonds. The van der Waals surface area contributed by atoms with Crippen molar-refractivity contribution in [3.05, 3.63) is 76.6 Å². The molecule has 1 aromatic heterocycles. The van der Waals surface area contributed by atoms with Gasteiger partial charge < -0.3 is 16.4 Å². The Morgan fingerprint density at radius 1 is 1.22 bits per heavy atom. The molecule has 1 aromatic carbocycles. The van der Waals surface area contributed by atoms with Gasteiger partial charge in [0.05, 0.1) is 11.3 Å². The van der Waals surface area contributed by atoms with Crippen LogP contribution in [0.5, 0.6) is 0 Å². The Hall–Kier alpha value is -2.99. The zero-order chi connectivity index (χ0) is 19.4. The number of nitrogen functional groups attached to an aromatic ring is 1. The number of rotatable bonds is 5. The summed E-state index contributed by atoms with van der Waals surface area (Å²) in [5, 5.41) is 6.56. The standard InChI is InChI=1S/C21H22N4OS/c1-13-10-17(26)19(21(27)25-16-6-4-3-5-7-16)20(14(13)2)24-12-15-8-9-23-18(22)11-15/h3-9,11,24H,10,12H2,1-2H3,(H2,22,23)(H,25,27). The normalized spacial score (nSPS) is 14.4. The monoisotopic (exact) mass is 378 g/mol. The van der Waals surface area contributed by atoms with Crippen molar-refractivity contribution in [1.82, 2.24) is 10.3 Å². The van der Waals surface area contributed by atoms with E-state index in [4.69, 9.17) is 18.0 Å². The zero-order valence-electron chi connectivity index (χ0n) is 15.4. The number of nitrogens with one attached hydrogen (secondary N) is 2. The quantitative estimate of drug-likeness (QED) is 0.688. The molecule has 1 heterocycles. The molecule has 0 radical (unpaired) electrons. The number of ketones is 1. The van der Waals surface area contributed by atoms with E-state index in [-0.39, 0.29) is 5.78 Å². The summed E-state index contributed by atoms with van der Waals surface area (Å²) >= 11 is 5.57. The molecule has 27 heavy (non-hydrogen) atoms. The predicted octanol–water partition coefficient (Wildman–Crippen LogP) is 3.76. The Morgan fingerprint density at radius 3 is 2.67 bits per heavy atom. The molecule has 138 valence electrons. The van der Waals surface area contributed by atoms with Crippen LogP contribution in [0.2, 0.25) is 0 Å². The summed E-state index contributed by atoms with van der Waals surface area (Å²) in [7, 11) is 0. The number of hydrogen-bond donors (Lipinski definition) is 3. The van der Waals surface area contributed by atoms with Gasteiger partial charge in [0.1, 0.15) is 10.8 Å². The molecular formula is C21H22N4OS. The highest BCUT2D eigenvalue weighted by Gasteiger charge is 2.26. The third-order valence-electron chi connectivity index (χ3n) is 4.54. The van der Waals surface area contributed by atoms with Gasteiger partial charge in [-0.15, -0.1) is 0 Å². The minimum atomic E-state index is 0.0169. The lowest BCUT2D eigenvalue weighted by molar-refractivity contribution is -0.114. The van der Waals surface area contributed by atoms with Crippen LogP contribution in [0.3, 0.4) is 0 Å². The SMILES string of the molecule is CC1=C(C)C(NCc2ccnc(N)c2)=C(C(=S)Nc2ccccc2)C(=O)C1. The van der Waals surface area contributed by atoms with E-state index >= 15 is 0 Å². The maximum atomic E-state index is 12.8. The van der Waals surface area contributed by atoms with Crippen LogP contribution in [-0.2, 0) is 11.3 Å². The van der Waals surface area contributed by atoms with Gasteiger partial charge in [0.25, 0.3) is 0 Å². The molecule has 0 bridgehead atoms. The minimum Gasteiger partial charge on any atom is -0.384 e. The predicted molar refractivity (Wildman–Crippen MR) is 113 cm³/mol. The third-order valence-corrected chi connectivity index (χ3v) is 4.85. The highest BCUT2D eigenvalue weighted by molar-refractivity contribution is 7.81. The zero-order valence-corrected chi connectivity index (χ0v) is 16.2. The van der Waals surface area contributed by atoms with Gasteiger partial charge in [-0.25, -0.2) is 4.98 Å². The topological polar surface area (TPSA) is 80.0 Å². The molecule has 0 saturated carbocycles. The van der Waals surface area contributed by atoms with Gasteiger partial charge in [-0.2, -0.15) is 0 Å². The van der Waals surface area contributed by atoms with Crippen molar-refractivity contribution < 1.29 is 4.79 Å². The van der Waals surface area contributed by atoms with Gasteiger partial charge in [-0.3, -0.25) is 4.79 Å². The number of pyridine rings is 1. The summed E-state index contributed by atoms with van der Waals surface area (Å²) < 4.78 is 0. The first-order valence-corrected chi connectivity index (χ1v) is 9.11. The molecule has 5 nitrogen and oxygen atoms in total.